The van der Waals surface area contributed by atoms with Crippen LogP contribution in [-0.2, 0) is 6.61 Å². The van der Waals surface area contributed by atoms with E-state index in [-0.39, 0.29) is 13.2 Å². The molecule has 0 aliphatic heterocycles. The Balaban J connectivity index is 1.53. The molecule has 2 heterocycles. The first-order valence-electron chi connectivity index (χ1n) is 11.1. The number of methoxy groups -OCH3 is 1. The predicted octanol–water partition coefficient (Wildman–Crippen LogP) is 4.30. The van der Waals surface area contributed by atoms with E-state index in [0.717, 1.165) is 22.4 Å². The number of anilines is 1. The molecule has 0 spiro atoms. The number of urea groups is 1. The molecule has 0 saturated carbocycles. The molecule has 4 rings (SSSR count). The molecule has 1 unspecified atom stereocenters. The van der Waals surface area contributed by atoms with Crippen molar-refractivity contribution in [1.82, 2.24) is 20.5 Å². The number of hydrogen-bond acceptors (Lipinski definition) is 6. The van der Waals surface area contributed by atoms with Crippen LogP contribution in [0.25, 0.3) is 11.1 Å². The molecule has 0 saturated heterocycles. The lowest BCUT2D eigenvalue weighted by Gasteiger charge is -2.20. The minimum Gasteiger partial charge on any atom is -0.497 e. The van der Waals surface area contributed by atoms with Gasteiger partial charge in [0.2, 0.25) is 0 Å². The number of amides is 2. The van der Waals surface area contributed by atoms with Crippen LogP contribution in [-0.4, -0.2) is 40.0 Å². The minimum absolute atomic E-state index is 0.0833. The zero-order valence-corrected chi connectivity index (χ0v) is 19.3. The van der Waals surface area contributed by atoms with Gasteiger partial charge in [0.25, 0.3) is 0 Å². The SMILES string of the molecule is COc1cccc(C(CCO)NC(=O)Nc2ccc(-c3cn[nH]c3)cc2OCc2ccccn2)c1. The van der Waals surface area contributed by atoms with Crippen molar-refractivity contribution in [2.75, 3.05) is 19.0 Å². The van der Waals surface area contributed by atoms with E-state index in [2.05, 4.69) is 25.8 Å². The second kappa shape index (κ2) is 11.7. The summed E-state index contributed by atoms with van der Waals surface area (Å²) in [6.45, 7) is 0.156. The van der Waals surface area contributed by atoms with Crippen molar-refractivity contribution in [3.8, 4) is 22.6 Å². The number of pyridine rings is 1. The molecule has 35 heavy (non-hydrogen) atoms. The summed E-state index contributed by atoms with van der Waals surface area (Å²) >= 11 is 0. The summed E-state index contributed by atoms with van der Waals surface area (Å²) in [5.41, 5.74) is 3.87. The summed E-state index contributed by atoms with van der Waals surface area (Å²) < 4.78 is 11.3. The summed E-state index contributed by atoms with van der Waals surface area (Å²) in [6.07, 6.45) is 5.55. The number of nitrogens with one attached hydrogen (secondary N) is 3. The van der Waals surface area contributed by atoms with Crippen LogP contribution in [0.3, 0.4) is 0 Å². The zero-order valence-electron chi connectivity index (χ0n) is 19.3. The highest BCUT2D eigenvalue weighted by atomic mass is 16.5. The van der Waals surface area contributed by atoms with E-state index in [1.54, 1.807) is 31.8 Å². The molecule has 0 radical (unpaired) electrons. The van der Waals surface area contributed by atoms with Crippen LogP contribution in [0.1, 0.15) is 23.7 Å². The van der Waals surface area contributed by atoms with Gasteiger partial charge in [0.05, 0.1) is 30.7 Å². The van der Waals surface area contributed by atoms with E-state index in [1.807, 2.05) is 54.6 Å². The van der Waals surface area contributed by atoms with Crippen molar-refractivity contribution in [2.24, 2.45) is 0 Å². The van der Waals surface area contributed by atoms with Crippen LogP contribution in [0.4, 0.5) is 10.5 Å². The molecular formula is C26H27N5O4. The third-order valence-corrected chi connectivity index (χ3v) is 5.38. The van der Waals surface area contributed by atoms with Crippen LogP contribution in [0.5, 0.6) is 11.5 Å². The van der Waals surface area contributed by atoms with Gasteiger partial charge < -0.3 is 25.2 Å². The van der Waals surface area contributed by atoms with Crippen LogP contribution in [0.2, 0.25) is 0 Å². The first kappa shape index (κ1) is 23.8. The molecular weight excluding hydrogens is 446 g/mol. The maximum atomic E-state index is 12.9. The molecule has 0 fully saturated rings. The number of carbonyl (C=O) groups is 1. The fraction of sp³-hybridized carbons (Fsp3) is 0.192. The maximum absolute atomic E-state index is 12.9. The second-order valence-electron chi connectivity index (χ2n) is 7.75. The number of rotatable bonds is 10. The summed E-state index contributed by atoms with van der Waals surface area (Å²) in [5.74, 6) is 1.16. The van der Waals surface area contributed by atoms with E-state index in [4.69, 9.17) is 9.47 Å². The average Bonchev–Trinajstić information content (AvgIpc) is 3.44. The summed E-state index contributed by atoms with van der Waals surface area (Å²) in [5, 5.41) is 22.1. The van der Waals surface area contributed by atoms with E-state index >= 15 is 0 Å². The number of hydrogen-bond donors (Lipinski definition) is 4. The first-order valence-corrected chi connectivity index (χ1v) is 11.1. The van der Waals surface area contributed by atoms with Gasteiger partial charge in [-0.25, -0.2) is 4.79 Å². The normalized spacial score (nSPS) is 11.5. The van der Waals surface area contributed by atoms with Gasteiger partial charge in [0.15, 0.2) is 0 Å². The Morgan fingerprint density at radius 3 is 2.77 bits per heavy atom. The molecule has 0 aliphatic carbocycles. The molecule has 0 bridgehead atoms. The Labute approximate surface area is 203 Å². The van der Waals surface area contributed by atoms with E-state index < -0.39 is 12.1 Å². The first-order chi connectivity index (χ1) is 17.2. The number of aliphatic hydroxyl groups is 1. The molecule has 4 N–H and O–H groups in total. The largest absolute Gasteiger partial charge is 0.497 e. The molecule has 1 atom stereocenters. The highest BCUT2D eigenvalue weighted by Gasteiger charge is 2.17. The van der Waals surface area contributed by atoms with Gasteiger partial charge in [-0.2, -0.15) is 5.10 Å². The Morgan fingerprint density at radius 2 is 2.03 bits per heavy atom. The Morgan fingerprint density at radius 1 is 1.11 bits per heavy atom. The van der Waals surface area contributed by atoms with Crippen LogP contribution in [0.15, 0.2) is 79.3 Å². The number of aliphatic hydroxyl groups excluding tert-OH is 1. The Kier molecular flexibility index (Phi) is 7.92. The number of H-pyrrole nitrogens is 1. The Hall–Kier alpha value is -4.37. The molecule has 2 amide bonds. The van der Waals surface area contributed by atoms with E-state index in [9.17, 15) is 9.90 Å². The third kappa shape index (κ3) is 6.36. The molecule has 2 aromatic carbocycles. The monoisotopic (exact) mass is 473 g/mol. The standard InChI is InChI=1S/C26H27N5O4/c1-34-22-7-4-5-19(13-22)23(10-12-32)30-26(33)31-24-9-8-18(20-15-28-29-16-20)14-25(24)35-17-21-6-2-3-11-27-21/h2-9,11,13-16,23,32H,10,12,17H2,1H3,(H,28,29)(H2,30,31,33). The number of benzene rings is 2. The molecule has 180 valence electrons. The zero-order chi connectivity index (χ0) is 24.5. The highest BCUT2D eigenvalue weighted by Crippen LogP contribution is 2.31. The quantitative estimate of drug-likeness (QED) is 0.272. The smallest absolute Gasteiger partial charge is 0.319 e. The van der Waals surface area contributed by atoms with Crippen molar-refractivity contribution < 1.29 is 19.4 Å². The number of nitrogens with zero attached hydrogens (tertiary/aromatic N) is 2. The lowest BCUT2D eigenvalue weighted by Crippen LogP contribution is -2.33. The third-order valence-electron chi connectivity index (χ3n) is 5.38. The van der Waals surface area contributed by atoms with Crippen molar-refractivity contribution in [1.29, 1.82) is 0 Å². The van der Waals surface area contributed by atoms with Gasteiger partial charge in [0, 0.05) is 24.6 Å². The summed E-state index contributed by atoms with van der Waals surface area (Å²) in [7, 11) is 1.58. The van der Waals surface area contributed by atoms with Crippen molar-refractivity contribution in [3.05, 3.63) is 90.5 Å². The van der Waals surface area contributed by atoms with E-state index in [1.165, 1.54) is 0 Å². The number of aromatic amines is 1. The van der Waals surface area contributed by atoms with Crippen molar-refractivity contribution in [2.45, 2.75) is 19.1 Å². The summed E-state index contributed by atoms with van der Waals surface area (Å²) in [4.78, 5) is 17.2. The van der Waals surface area contributed by atoms with Gasteiger partial charge >= 0.3 is 6.03 Å². The maximum Gasteiger partial charge on any atom is 0.319 e. The number of aromatic nitrogens is 3. The topological polar surface area (TPSA) is 121 Å². The fourth-order valence-electron chi connectivity index (χ4n) is 3.59. The van der Waals surface area contributed by atoms with Crippen LogP contribution < -0.4 is 20.1 Å². The van der Waals surface area contributed by atoms with Gasteiger partial charge in [-0.1, -0.05) is 24.3 Å². The lowest BCUT2D eigenvalue weighted by molar-refractivity contribution is 0.238. The predicted molar refractivity (Wildman–Crippen MR) is 132 cm³/mol. The summed E-state index contributed by atoms with van der Waals surface area (Å²) in [6, 6.07) is 17.6. The van der Waals surface area contributed by atoms with Crippen molar-refractivity contribution >= 4 is 11.7 Å². The van der Waals surface area contributed by atoms with Crippen LogP contribution >= 0.6 is 0 Å². The number of ether oxygens (including phenoxy) is 2. The van der Waals surface area contributed by atoms with Crippen LogP contribution in [0, 0.1) is 0 Å². The van der Waals surface area contributed by atoms with Gasteiger partial charge in [-0.05, 0) is 53.9 Å². The number of carbonyl (C=O) groups excluding carboxylic acids is 1. The van der Waals surface area contributed by atoms with E-state index in [0.29, 0.717) is 23.6 Å². The van der Waals surface area contributed by atoms with Gasteiger partial charge in [-0.15, -0.1) is 0 Å². The average molecular weight is 474 g/mol. The molecule has 4 aromatic rings. The molecule has 9 nitrogen and oxygen atoms in total. The lowest BCUT2D eigenvalue weighted by atomic mass is 10.0. The molecule has 0 aliphatic rings. The molecule has 9 heteroatoms. The fourth-order valence-corrected chi connectivity index (χ4v) is 3.59. The molecule has 2 aromatic heterocycles. The van der Waals surface area contributed by atoms with Gasteiger partial charge in [-0.3, -0.25) is 10.1 Å². The Bertz CT molecular complexity index is 1230. The second-order valence-corrected chi connectivity index (χ2v) is 7.75. The van der Waals surface area contributed by atoms with Crippen molar-refractivity contribution in [3.63, 3.8) is 0 Å². The van der Waals surface area contributed by atoms with Gasteiger partial charge in [0.1, 0.15) is 18.1 Å². The minimum atomic E-state index is -0.426. The highest BCUT2D eigenvalue weighted by molar-refractivity contribution is 5.91.